The highest BCUT2D eigenvalue weighted by Gasteiger charge is 2.25. The van der Waals surface area contributed by atoms with Crippen LogP contribution in [0.4, 0.5) is 11.8 Å². The fraction of sp³-hybridized carbons (Fsp3) is 0.471. The smallest absolute Gasteiger partial charge is 0.251 e. The van der Waals surface area contributed by atoms with Crippen LogP contribution in [0.2, 0.25) is 0 Å². The van der Waals surface area contributed by atoms with E-state index in [1.165, 1.54) is 6.92 Å². The number of amides is 1. The Morgan fingerprint density at radius 1 is 1.15 bits per heavy atom. The van der Waals surface area contributed by atoms with E-state index in [9.17, 15) is 9.90 Å². The maximum Gasteiger partial charge on any atom is 0.251 e. The van der Waals surface area contributed by atoms with Crippen molar-refractivity contribution in [2.45, 2.75) is 13.0 Å². The summed E-state index contributed by atoms with van der Waals surface area (Å²) in [5.74, 6) is 1.73. The first kappa shape index (κ1) is 18.0. The average molecular weight is 361 g/mol. The molecule has 2 aromatic rings. The highest BCUT2D eigenvalue weighted by molar-refractivity contribution is 5.91. The van der Waals surface area contributed by atoms with E-state index < -0.39 is 6.10 Å². The number of nitrogen functional groups attached to an aromatic ring is 1. The zero-order valence-electron chi connectivity index (χ0n) is 15.1. The SMILES string of the molecule is COc1cc2nc(N3CCN(C(=O)C(C)O)CC3)nc(N)c2cc1OC. The maximum absolute atomic E-state index is 11.9. The molecule has 1 aromatic heterocycles. The number of piperazine rings is 1. The lowest BCUT2D eigenvalue weighted by molar-refractivity contribution is -0.139. The first-order valence-electron chi connectivity index (χ1n) is 8.35. The molecule has 3 N–H and O–H groups in total. The van der Waals surface area contributed by atoms with E-state index in [4.69, 9.17) is 15.2 Å². The number of carbonyl (C=O) groups excluding carboxylic acids is 1. The van der Waals surface area contributed by atoms with Crippen LogP contribution in [0.1, 0.15) is 6.92 Å². The molecule has 1 saturated heterocycles. The third-order valence-electron chi connectivity index (χ3n) is 4.45. The molecule has 3 rings (SSSR count). The number of anilines is 2. The van der Waals surface area contributed by atoms with E-state index in [1.807, 2.05) is 4.90 Å². The van der Waals surface area contributed by atoms with E-state index >= 15 is 0 Å². The van der Waals surface area contributed by atoms with Crippen molar-refractivity contribution in [3.63, 3.8) is 0 Å². The Hall–Kier alpha value is -2.81. The number of rotatable bonds is 4. The van der Waals surface area contributed by atoms with Gasteiger partial charge in [-0.05, 0) is 13.0 Å². The Kier molecular flexibility index (Phi) is 4.99. The molecule has 1 aliphatic heterocycles. The van der Waals surface area contributed by atoms with Gasteiger partial charge in [-0.15, -0.1) is 0 Å². The fourth-order valence-electron chi connectivity index (χ4n) is 3.00. The van der Waals surface area contributed by atoms with Crippen LogP contribution in [-0.2, 0) is 4.79 Å². The molecule has 9 heteroatoms. The van der Waals surface area contributed by atoms with Gasteiger partial charge in [0.1, 0.15) is 11.9 Å². The molecule has 1 aromatic carbocycles. The molecule has 1 atom stereocenters. The van der Waals surface area contributed by atoms with Crippen molar-refractivity contribution in [3.8, 4) is 11.5 Å². The van der Waals surface area contributed by atoms with E-state index in [2.05, 4.69) is 9.97 Å². The first-order valence-corrected chi connectivity index (χ1v) is 8.35. The summed E-state index contributed by atoms with van der Waals surface area (Å²) in [7, 11) is 3.12. The summed E-state index contributed by atoms with van der Waals surface area (Å²) in [4.78, 5) is 24.5. The number of hydrogen-bond acceptors (Lipinski definition) is 8. The molecule has 140 valence electrons. The lowest BCUT2D eigenvalue weighted by Gasteiger charge is -2.35. The van der Waals surface area contributed by atoms with Gasteiger partial charge in [-0.25, -0.2) is 4.98 Å². The minimum absolute atomic E-state index is 0.263. The Bertz CT molecular complexity index is 818. The van der Waals surface area contributed by atoms with Crippen LogP contribution in [0.5, 0.6) is 11.5 Å². The summed E-state index contributed by atoms with van der Waals surface area (Å²) >= 11 is 0. The van der Waals surface area contributed by atoms with Gasteiger partial charge in [0.15, 0.2) is 11.5 Å². The van der Waals surface area contributed by atoms with E-state index in [0.29, 0.717) is 60.3 Å². The molecular formula is C17H23N5O4. The Labute approximate surface area is 151 Å². The number of methoxy groups -OCH3 is 2. The number of nitrogens with two attached hydrogens (primary N) is 1. The summed E-state index contributed by atoms with van der Waals surface area (Å²) in [6.07, 6.45) is -0.989. The third-order valence-corrected chi connectivity index (χ3v) is 4.45. The highest BCUT2D eigenvalue weighted by Crippen LogP contribution is 2.34. The Morgan fingerprint density at radius 3 is 2.35 bits per heavy atom. The second-order valence-corrected chi connectivity index (χ2v) is 6.12. The molecule has 0 spiro atoms. The van der Waals surface area contributed by atoms with Crippen LogP contribution >= 0.6 is 0 Å². The minimum atomic E-state index is -0.989. The number of benzene rings is 1. The first-order chi connectivity index (χ1) is 12.4. The predicted octanol–water partition coefficient (Wildman–Crippen LogP) is 0.259. The van der Waals surface area contributed by atoms with Crippen molar-refractivity contribution in [2.24, 2.45) is 0 Å². The van der Waals surface area contributed by atoms with Gasteiger partial charge in [0.25, 0.3) is 5.91 Å². The van der Waals surface area contributed by atoms with Crippen molar-refractivity contribution >= 4 is 28.6 Å². The minimum Gasteiger partial charge on any atom is -0.493 e. The Balaban J connectivity index is 1.86. The van der Waals surface area contributed by atoms with Gasteiger partial charge in [-0.2, -0.15) is 4.98 Å². The van der Waals surface area contributed by atoms with Gasteiger partial charge in [0.05, 0.1) is 19.7 Å². The van der Waals surface area contributed by atoms with Gasteiger partial charge in [0, 0.05) is 37.6 Å². The number of carbonyl (C=O) groups is 1. The highest BCUT2D eigenvalue weighted by atomic mass is 16.5. The Morgan fingerprint density at radius 2 is 1.77 bits per heavy atom. The summed E-state index contributed by atoms with van der Waals surface area (Å²) in [5.41, 5.74) is 6.78. The molecule has 0 bridgehead atoms. The summed E-state index contributed by atoms with van der Waals surface area (Å²) in [6, 6.07) is 3.52. The molecule has 1 amide bonds. The van der Waals surface area contributed by atoms with Gasteiger partial charge in [-0.3, -0.25) is 4.79 Å². The maximum atomic E-state index is 11.9. The topological polar surface area (TPSA) is 114 Å². The molecular weight excluding hydrogens is 338 g/mol. The fourth-order valence-corrected chi connectivity index (χ4v) is 3.00. The number of fused-ring (bicyclic) bond motifs is 1. The lowest BCUT2D eigenvalue weighted by atomic mass is 10.2. The average Bonchev–Trinajstić information content (AvgIpc) is 2.66. The van der Waals surface area contributed by atoms with E-state index in [1.54, 1.807) is 31.3 Å². The van der Waals surface area contributed by atoms with Crippen LogP contribution in [0.15, 0.2) is 12.1 Å². The number of ether oxygens (including phenoxy) is 2. The zero-order valence-corrected chi connectivity index (χ0v) is 15.1. The monoisotopic (exact) mass is 361 g/mol. The second kappa shape index (κ2) is 7.20. The number of aliphatic hydroxyl groups is 1. The van der Waals surface area contributed by atoms with E-state index in [0.717, 1.165) is 0 Å². The van der Waals surface area contributed by atoms with Crippen molar-refractivity contribution in [1.82, 2.24) is 14.9 Å². The number of hydrogen-bond donors (Lipinski definition) is 2. The normalized spacial score (nSPS) is 15.8. The molecule has 9 nitrogen and oxygen atoms in total. The second-order valence-electron chi connectivity index (χ2n) is 6.12. The van der Waals surface area contributed by atoms with Crippen LogP contribution in [0.3, 0.4) is 0 Å². The van der Waals surface area contributed by atoms with Crippen LogP contribution in [-0.4, -0.2) is 72.4 Å². The van der Waals surface area contributed by atoms with Gasteiger partial charge >= 0.3 is 0 Å². The van der Waals surface area contributed by atoms with E-state index in [-0.39, 0.29) is 5.91 Å². The molecule has 26 heavy (non-hydrogen) atoms. The largest absolute Gasteiger partial charge is 0.493 e. The van der Waals surface area contributed by atoms with Crippen LogP contribution in [0, 0.1) is 0 Å². The molecule has 0 radical (unpaired) electrons. The zero-order chi connectivity index (χ0) is 18.8. The molecule has 1 aliphatic rings. The number of nitrogens with zero attached hydrogens (tertiary/aromatic N) is 4. The summed E-state index contributed by atoms with van der Waals surface area (Å²) in [6.45, 7) is 3.60. The van der Waals surface area contributed by atoms with Crippen LogP contribution < -0.4 is 20.1 Å². The molecule has 1 unspecified atom stereocenters. The van der Waals surface area contributed by atoms with Gasteiger partial charge in [-0.1, -0.05) is 0 Å². The quantitative estimate of drug-likeness (QED) is 0.797. The van der Waals surface area contributed by atoms with Crippen molar-refractivity contribution in [3.05, 3.63) is 12.1 Å². The summed E-state index contributed by atoms with van der Waals surface area (Å²) < 4.78 is 10.6. The molecule has 1 fully saturated rings. The third kappa shape index (κ3) is 3.30. The van der Waals surface area contributed by atoms with Crippen molar-refractivity contribution < 1.29 is 19.4 Å². The van der Waals surface area contributed by atoms with Crippen molar-refractivity contribution in [1.29, 1.82) is 0 Å². The number of aliphatic hydroxyl groups excluding tert-OH is 1. The van der Waals surface area contributed by atoms with Crippen LogP contribution in [0.25, 0.3) is 10.9 Å². The van der Waals surface area contributed by atoms with Gasteiger partial charge in [0.2, 0.25) is 5.95 Å². The van der Waals surface area contributed by atoms with Crippen molar-refractivity contribution in [2.75, 3.05) is 51.0 Å². The summed E-state index contributed by atoms with van der Waals surface area (Å²) in [5, 5.41) is 10.1. The lowest BCUT2D eigenvalue weighted by Crippen LogP contribution is -2.51. The molecule has 0 saturated carbocycles. The standard InChI is InChI=1S/C17H23N5O4/c1-10(23)16(24)21-4-6-22(7-5-21)17-19-12-9-14(26-3)13(25-2)8-11(12)15(18)20-17/h8-10,23H,4-7H2,1-3H3,(H2,18,19,20). The van der Waals surface area contributed by atoms with Gasteiger partial charge < -0.3 is 30.1 Å². The number of aromatic nitrogens is 2. The predicted molar refractivity (Wildman–Crippen MR) is 97.5 cm³/mol. The molecule has 2 heterocycles. The molecule has 0 aliphatic carbocycles.